The molecule has 1 aromatic rings. The summed E-state index contributed by atoms with van der Waals surface area (Å²) in [6.45, 7) is 7.73. The van der Waals surface area contributed by atoms with Gasteiger partial charge in [-0.2, -0.15) is 0 Å². The fourth-order valence-electron chi connectivity index (χ4n) is 2.27. The molecule has 0 amide bonds. The number of likely N-dealkylation sites (N-methyl/N-ethyl adjacent to an activating group) is 1. The van der Waals surface area contributed by atoms with Crippen LogP contribution in [0.5, 0.6) is 0 Å². The molecule has 17 heavy (non-hydrogen) atoms. The Balaban J connectivity index is 1.93. The molecule has 0 radical (unpaired) electrons. The average molecular weight is 238 g/mol. The van der Waals surface area contributed by atoms with E-state index in [2.05, 4.69) is 21.4 Å². The number of rotatable bonds is 5. The Kier molecular flexibility index (Phi) is 4.53. The van der Waals surface area contributed by atoms with Gasteiger partial charge in [-0.05, 0) is 13.1 Å². The van der Waals surface area contributed by atoms with Crippen LogP contribution in [-0.4, -0.2) is 53.3 Å². The first kappa shape index (κ1) is 12.5. The van der Waals surface area contributed by atoms with Crippen LogP contribution >= 0.6 is 0 Å². The van der Waals surface area contributed by atoms with Crippen LogP contribution in [0.4, 0.5) is 0 Å². The molecule has 0 saturated carbocycles. The molecule has 1 saturated heterocycles. The lowest BCUT2D eigenvalue weighted by atomic mass is 10.2. The smallest absolute Gasteiger partial charge is 0.0949 e. The Bertz CT molecular complexity index is 339. The molecule has 0 spiro atoms. The third-order valence-electron chi connectivity index (χ3n) is 3.27. The lowest BCUT2D eigenvalue weighted by Gasteiger charge is -2.32. The van der Waals surface area contributed by atoms with Crippen LogP contribution in [0.25, 0.3) is 0 Å². The van der Waals surface area contributed by atoms with Gasteiger partial charge < -0.3 is 15.0 Å². The average Bonchev–Trinajstić information content (AvgIpc) is 2.78. The van der Waals surface area contributed by atoms with E-state index in [9.17, 15) is 0 Å². The van der Waals surface area contributed by atoms with E-state index in [0.29, 0.717) is 6.54 Å². The Morgan fingerprint density at radius 1 is 1.59 bits per heavy atom. The quantitative estimate of drug-likeness (QED) is 0.791. The van der Waals surface area contributed by atoms with Gasteiger partial charge in [-0.1, -0.05) is 6.92 Å². The first-order valence-corrected chi connectivity index (χ1v) is 6.36. The number of nitrogens with two attached hydrogens (primary N) is 1. The summed E-state index contributed by atoms with van der Waals surface area (Å²) in [5.74, 6) is 0. The molecule has 1 aromatic heterocycles. The van der Waals surface area contributed by atoms with Gasteiger partial charge >= 0.3 is 0 Å². The van der Waals surface area contributed by atoms with Gasteiger partial charge in [0.15, 0.2) is 0 Å². The van der Waals surface area contributed by atoms with Gasteiger partial charge in [-0.15, -0.1) is 0 Å². The Labute approximate surface area is 103 Å². The van der Waals surface area contributed by atoms with Crippen LogP contribution in [0.1, 0.15) is 12.6 Å². The molecule has 0 aliphatic carbocycles. The number of nitrogens with zero attached hydrogens (tertiary/aromatic N) is 3. The van der Waals surface area contributed by atoms with E-state index in [1.54, 1.807) is 0 Å². The highest BCUT2D eigenvalue weighted by molar-refractivity contribution is 4.99. The molecule has 5 heteroatoms. The molecule has 1 fully saturated rings. The zero-order chi connectivity index (χ0) is 12.1. The second kappa shape index (κ2) is 6.14. The maximum absolute atomic E-state index is 5.79. The molecular formula is C12H22N4O. The summed E-state index contributed by atoms with van der Waals surface area (Å²) in [5, 5.41) is 0. The third-order valence-corrected chi connectivity index (χ3v) is 3.27. The van der Waals surface area contributed by atoms with E-state index >= 15 is 0 Å². The Morgan fingerprint density at radius 3 is 3.24 bits per heavy atom. The van der Waals surface area contributed by atoms with Crippen molar-refractivity contribution >= 4 is 0 Å². The van der Waals surface area contributed by atoms with Crippen molar-refractivity contribution in [3.8, 4) is 0 Å². The molecule has 96 valence electrons. The van der Waals surface area contributed by atoms with Crippen LogP contribution in [0.2, 0.25) is 0 Å². The van der Waals surface area contributed by atoms with Crippen LogP contribution in [-0.2, 0) is 17.7 Å². The predicted octanol–water partition coefficient (Wildman–Crippen LogP) is 0.105. The van der Waals surface area contributed by atoms with Crippen LogP contribution in [0, 0.1) is 0 Å². The number of hydrogen-bond acceptors (Lipinski definition) is 4. The van der Waals surface area contributed by atoms with Gasteiger partial charge in [-0.3, -0.25) is 4.90 Å². The summed E-state index contributed by atoms with van der Waals surface area (Å²) in [6.07, 6.45) is 4.92. The van der Waals surface area contributed by atoms with Crippen molar-refractivity contribution in [3.05, 3.63) is 18.2 Å². The molecular weight excluding hydrogens is 216 g/mol. The molecule has 0 aromatic carbocycles. The van der Waals surface area contributed by atoms with Crippen molar-refractivity contribution < 1.29 is 4.74 Å². The van der Waals surface area contributed by atoms with Crippen LogP contribution < -0.4 is 5.73 Å². The first-order chi connectivity index (χ1) is 8.33. The molecule has 2 rings (SSSR count). The molecule has 1 atom stereocenters. The number of ether oxygens (including phenoxy) is 1. The topological polar surface area (TPSA) is 56.3 Å². The van der Waals surface area contributed by atoms with E-state index in [0.717, 1.165) is 39.2 Å². The third kappa shape index (κ3) is 3.28. The predicted molar refractivity (Wildman–Crippen MR) is 66.8 cm³/mol. The van der Waals surface area contributed by atoms with E-state index in [-0.39, 0.29) is 6.10 Å². The zero-order valence-electron chi connectivity index (χ0n) is 10.5. The molecule has 0 bridgehead atoms. The SMILES string of the molecule is CCN1CCOC(Cn2cncc2CCN)C1. The lowest BCUT2D eigenvalue weighted by molar-refractivity contribution is -0.0345. The Morgan fingerprint density at radius 2 is 2.47 bits per heavy atom. The highest BCUT2D eigenvalue weighted by Gasteiger charge is 2.20. The summed E-state index contributed by atoms with van der Waals surface area (Å²) in [6, 6.07) is 0. The van der Waals surface area contributed by atoms with Crippen molar-refractivity contribution in [2.24, 2.45) is 5.73 Å². The molecule has 1 unspecified atom stereocenters. The molecule has 5 nitrogen and oxygen atoms in total. The van der Waals surface area contributed by atoms with E-state index in [4.69, 9.17) is 10.5 Å². The van der Waals surface area contributed by atoms with Gasteiger partial charge in [-0.25, -0.2) is 4.98 Å². The number of aromatic nitrogens is 2. The Hall–Kier alpha value is -0.910. The second-order valence-corrected chi connectivity index (χ2v) is 4.46. The fraction of sp³-hybridized carbons (Fsp3) is 0.750. The first-order valence-electron chi connectivity index (χ1n) is 6.36. The maximum Gasteiger partial charge on any atom is 0.0949 e. The number of hydrogen-bond donors (Lipinski definition) is 1. The molecule has 2 N–H and O–H groups in total. The largest absolute Gasteiger partial charge is 0.374 e. The normalized spacial score (nSPS) is 21.9. The zero-order valence-corrected chi connectivity index (χ0v) is 10.5. The van der Waals surface area contributed by atoms with Gasteiger partial charge in [0.25, 0.3) is 0 Å². The van der Waals surface area contributed by atoms with Gasteiger partial charge in [0.2, 0.25) is 0 Å². The molecule has 2 heterocycles. The minimum atomic E-state index is 0.273. The minimum absolute atomic E-state index is 0.273. The highest BCUT2D eigenvalue weighted by Crippen LogP contribution is 2.09. The molecule has 1 aliphatic rings. The minimum Gasteiger partial charge on any atom is -0.374 e. The summed E-state index contributed by atoms with van der Waals surface area (Å²) in [5.41, 5.74) is 6.78. The van der Waals surface area contributed by atoms with Crippen molar-refractivity contribution in [2.45, 2.75) is 26.0 Å². The standard InChI is InChI=1S/C12H22N4O/c1-2-15-5-6-17-12(8-15)9-16-10-14-7-11(16)3-4-13/h7,10,12H,2-6,8-9,13H2,1H3. The number of imidazole rings is 1. The maximum atomic E-state index is 5.79. The summed E-state index contributed by atoms with van der Waals surface area (Å²) < 4.78 is 7.96. The van der Waals surface area contributed by atoms with Gasteiger partial charge in [0.1, 0.15) is 0 Å². The highest BCUT2D eigenvalue weighted by atomic mass is 16.5. The van der Waals surface area contributed by atoms with Crippen molar-refractivity contribution in [2.75, 3.05) is 32.8 Å². The summed E-state index contributed by atoms with van der Waals surface area (Å²) >= 11 is 0. The van der Waals surface area contributed by atoms with Crippen LogP contribution in [0.3, 0.4) is 0 Å². The fourth-order valence-corrected chi connectivity index (χ4v) is 2.27. The second-order valence-electron chi connectivity index (χ2n) is 4.46. The number of morpholine rings is 1. The van der Waals surface area contributed by atoms with Crippen molar-refractivity contribution in [1.82, 2.24) is 14.5 Å². The van der Waals surface area contributed by atoms with Crippen LogP contribution in [0.15, 0.2) is 12.5 Å². The molecule has 1 aliphatic heterocycles. The van der Waals surface area contributed by atoms with Gasteiger partial charge in [0, 0.05) is 31.4 Å². The van der Waals surface area contributed by atoms with E-state index in [1.807, 2.05) is 12.5 Å². The monoisotopic (exact) mass is 238 g/mol. The summed E-state index contributed by atoms with van der Waals surface area (Å²) in [7, 11) is 0. The van der Waals surface area contributed by atoms with E-state index < -0.39 is 0 Å². The van der Waals surface area contributed by atoms with Crippen molar-refractivity contribution in [3.63, 3.8) is 0 Å². The lowest BCUT2D eigenvalue weighted by Crippen LogP contribution is -2.44. The van der Waals surface area contributed by atoms with Crippen molar-refractivity contribution in [1.29, 1.82) is 0 Å². The van der Waals surface area contributed by atoms with Gasteiger partial charge in [0.05, 0.1) is 25.6 Å². The summed E-state index contributed by atoms with van der Waals surface area (Å²) in [4.78, 5) is 6.61. The van der Waals surface area contributed by atoms with E-state index in [1.165, 1.54) is 5.69 Å².